The summed E-state index contributed by atoms with van der Waals surface area (Å²) in [7, 11) is 0. The fraction of sp³-hybridized carbons (Fsp3) is 0.900. The highest BCUT2D eigenvalue weighted by Crippen LogP contribution is 2.24. The van der Waals surface area contributed by atoms with E-state index in [2.05, 4.69) is 44.9 Å². The fourth-order valence-corrected chi connectivity index (χ4v) is 1.42. The van der Waals surface area contributed by atoms with Crippen LogP contribution in [0.4, 0.5) is 0 Å². The van der Waals surface area contributed by atoms with E-state index in [-0.39, 0.29) is 11.1 Å². The predicted octanol–water partition coefficient (Wildman–Crippen LogP) is 2.35. The molecule has 0 radical (unpaired) electrons. The number of amidine groups is 1. The van der Waals surface area contributed by atoms with Crippen LogP contribution in [0.5, 0.6) is 0 Å². The number of nitrogens with one attached hydrogen (secondary N) is 1. The van der Waals surface area contributed by atoms with E-state index in [1.54, 1.807) is 0 Å². The summed E-state index contributed by atoms with van der Waals surface area (Å²) in [4.78, 5) is 4.61. The van der Waals surface area contributed by atoms with Gasteiger partial charge in [-0.1, -0.05) is 0 Å². The van der Waals surface area contributed by atoms with Crippen molar-refractivity contribution in [1.82, 2.24) is 5.32 Å². The molecule has 0 atom stereocenters. The third-order valence-corrected chi connectivity index (χ3v) is 1.93. The lowest BCUT2D eigenvalue weighted by Crippen LogP contribution is -2.39. The van der Waals surface area contributed by atoms with Crippen LogP contribution in [0, 0.1) is 0 Å². The molecule has 1 aliphatic rings. The van der Waals surface area contributed by atoms with Gasteiger partial charge in [-0.25, -0.2) is 0 Å². The third kappa shape index (κ3) is 2.84. The average Bonchev–Trinajstić information content (AvgIpc) is 2.05. The highest BCUT2D eigenvalue weighted by Gasteiger charge is 2.26. The van der Waals surface area contributed by atoms with E-state index in [9.17, 15) is 0 Å². The highest BCUT2D eigenvalue weighted by molar-refractivity contribution is 5.84. The molecule has 0 saturated heterocycles. The maximum absolute atomic E-state index is 4.61. The maximum Gasteiger partial charge on any atom is 0.0974 e. The Bertz CT molecular complexity index is 196. The van der Waals surface area contributed by atoms with Gasteiger partial charge in [0.1, 0.15) is 0 Å². The molecule has 70 valence electrons. The van der Waals surface area contributed by atoms with Gasteiger partial charge in [-0.15, -0.1) is 0 Å². The molecule has 0 aromatic carbocycles. The summed E-state index contributed by atoms with van der Waals surface area (Å²) in [5, 5.41) is 3.42. The summed E-state index contributed by atoms with van der Waals surface area (Å²) in [6, 6.07) is 0. The Balaban J connectivity index is 2.57. The van der Waals surface area contributed by atoms with Crippen molar-refractivity contribution in [3.8, 4) is 0 Å². The van der Waals surface area contributed by atoms with Gasteiger partial charge in [0.15, 0.2) is 0 Å². The van der Waals surface area contributed by atoms with E-state index in [1.807, 2.05) is 0 Å². The lowest BCUT2D eigenvalue weighted by atomic mass is 10.0. The number of aliphatic imine (C=N–C) groups is 1. The van der Waals surface area contributed by atoms with E-state index in [0.717, 1.165) is 6.42 Å². The van der Waals surface area contributed by atoms with Crippen LogP contribution in [0.15, 0.2) is 4.99 Å². The Hall–Kier alpha value is -0.530. The van der Waals surface area contributed by atoms with E-state index < -0.39 is 0 Å². The molecule has 0 saturated carbocycles. The quantitative estimate of drug-likeness (QED) is 0.590. The lowest BCUT2D eigenvalue weighted by molar-refractivity contribution is 0.508. The molecule has 2 heteroatoms. The largest absolute Gasteiger partial charge is 0.369 e. The monoisotopic (exact) mass is 168 g/mol. The molecule has 0 amide bonds. The molecule has 1 heterocycles. The molecule has 1 aliphatic heterocycles. The van der Waals surface area contributed by atoms with Crippen molar-refractivity contribution in [3.63, 3.8) is 0 Å². The summed E-state index contributed by atoms with van der Waals surface area (Å²) in [5.41, 5.74) is 0.312. The Morgan fingerprint density at radius 3 is 2.25 bits per heavy atom. The van der Waals surface area contributed by atoms with Gasteiger partial charge in [-0.3, -0.25) is 4.99 Å². The van der Waals surface area contributed by atoms with Gasteiger partial charge in [0.2, 0.25) is 0 Å². The molecule has 0 fully saturated rings. The molecular weight excluding hydrogens is 148 g/mol. The SMILES string of the molecule is CC1(C)CCC(NC(C)(C)C)=N1. The molecule has 12 heavy (non-hydrogen) atoms. The zero-order valence-corrected chi connectivity index (χ0v) is 8.86. The molecule has 0 spiro atoms. The van der Waals surface area contributed by atoms with Gasteiger partial charge in [0, 0.05) is 12.0 Å². The topological polar surface area (TPSA) is 24.4 Å². The molecule has 1 rings (SSSR count). The van der Waals surface area contributed by atoms with Crippen LogP contribution in [-0.2, 0) is 0 Å². The Morgan fingerprint density at radius 2 is 1.92 bits per heavy atom. The van der Waals surface area contributed by atoms with Gasteiger partial charge in [-0.2, -0.15) is 0 Å². The molecule has 0 aromatic rings. The first kappa shape index (κ1) is 9.56. The van der Waals surface area contributed by atoms with Gasteiger partial charge >= 0.3 is 0 Å². The van der Waals surface area contributed by atoms with Crippen LogP contribution in [0.25, 0.3) is 0 Å². The normalized spacial score (nSPS) is 22.2. The highest BCUT2D eigenvalue weighted by atomic mass is 15.1. The van der Waals surface area contributed by atoms with Crippen molar-refractivity contribution in [3.05, 3.63) is 0 Å². The van der Waals surface area contributed by atoms with Crippen LogP contribution in [-0.4, -0.2) is 16.9 Å². The van der Waals surface area contributed by atoms with E-state index >= 15 is 0 Å². The minimum Gasteiger partial charge on any atom is -0.369 e. The van der Waals surface area contributed by atoms with Gasteiger partial charge in [0.25, 0.3) is 0 Å². The molecule has 0 aliphatic carbocycles. The van der Waals surface area contributed by atoms with Crippen LogP contribution in [0.3, 0.4) is 0 Å². The van der Waals surface area contributed by atoms with Crippen LogP contribution in [0.2, 0.25) is 0 Å². The van der Waals surface area contributed by atoms with Crippen LogP contribution >= 0.6 is 0 Å². The lowest BCUT2D eigenvalue weighted by Gasteiger charge is -2.21. The summed E-state index contributed by atoms with van der Waals surface area (Å²) < 4.78 is 0. The average molecular weight is 168 g/mol. The Kier molecular flexibility index (Phi) is 2.19. The Morgan fingerprint density at radius 1 is 1.33 bits per heavy atom. The number of nitrogens with zero attached hydrogens (tertiary/aromatic N) is 1. The van der Waals surface area contributed by atoms with Crippen molar-refractivity contribution in [2.45, 2.75) is 58.5 Å². The van der Waals surface area contributed by atoms with E-state index in [0.29, 0.717) is 0 Å². The van der Waals surface area contributed by atoms with Crippen molar-refractivity contribution in [1.29, 1.82) is 0 Å². The minimum atomic E-state index is 0.152. The van der Waals surface area contributed by atoms with Gasteiger partial charge in [-0.05, 0) is 41.0 Å². The van der Waals surface area contributed by atoms with Crippen molar-refractivity contribution < 1.29 is 0 Å². The fourth-order valence-electron chi connectivity index (χ4n) is 1.42. The summed E-state index contributed by atoms with van der Waals surface area (Å²) >= 11 is 0. The maximum atomic E-state index is 4.61. The second-order valence-electron chi connectivity index (χ2n) is 5.25. The summed E-state index contributed by atoms with van der Waals surface area (Å²) in [6.07, 6.45) is 2.27. The molecule has 2 nitrogen and oxygen atoms in total. The van der Waals surface area contributed by atoms with Crippen LogP contribution < -0.4 is 5.32 Å². The van der Waals surface area contributed by atoms with E-state index in [1.165, 1.54) is 12.3 Å². The van der Waals surface area contributed by atoms with Gasteiger partial charge in [0.05, 0.1) is 11.4 Å². The molecular formula is C10H20N2. The smallest absolute Gasteiger partial charge is 0.0974 e. The first-order valence-corrected chi connectivity index (χ1v) is 4.65. The molecule has 0 unspecified atom stereocenters. The summed E-state index contributed by atoms with van der Waals surface area (Å²) in [6.45, 7) is 10.9. The van der Waals surface area contributed by atoms with Crippen molar-refractivity contribution >= 4 is 5.84 Å². The second-order valence-corrected chi connectivity index (χ2v) is 5.25. The van der Waals surface area contributed by atoms with E-state index in [4.69, 9.17) is 0 Å². The number of rotatable bonds is 0. The summed E-state index contributed by atoms with van der Waals surface area (Å²) in [5.74, 6) is 1.17. The predicted molar refractivity (Wildman–Crippen MR) is 53.6 cm³/mol. The van der Waals surface area contributed by atoms with Gasteiger partial charge < -0.3 is 5.32 Å². The van der Waals surface area contributed by atoms with Crippen LogP contribution in [0.1, 0.15) is 47.5 Å². The Labute approximate surface area is 75.5 Å². The molecule has 0 aromatic heterocycles. The second kappa shape index (κ2) is 2.75. The van der Waals surface area contributed by atoms with Crippen molar-refractivity contribution in [2.75, 3.05) is 0 Å². The number of hydrogen-bond acceptors (Lipinski definition) is 2. The molecule has 1 N–H and O–H groups in total. The minimum absolute atomic E-state index is 0.152. The molecule has 0 bridgehead atoms. The third-order valence-electron chi connectivity index (χ3n) is 1.93. The first-order valence-electron chi connectivity index (χ1n) is 4.65. The standard InChI is InChI=1S/C10H20N2/c1-9(2,3)11-8-6-7-10(4,5)12-8/h6-7H2,1-5H3,(H,11,12). The zero-order chi connectivity index (χ0) is 9.41. The first-order chi connectivity index (χ1) is 5.29. The number of hydrogen-bond donors (Lipinski definition) is 1. The zero-order valence-electron chi connectivity index (χ0n) is 8.86. The van der Waals surface area contributed by atoms with Crippen molar-refractivity contribution in [2.24, 2.45) is 4.99 Å².